The van der Waals surface area contributed by atoms with Crippen LogP contribution in [0.15, 0.2) is 46.0 Å². The molecule has 0 spiro atoms. The van der Waals surface area contributed by atoms with Gasteiger partial charge in [0.2, 0.25) is 10.0 Å². The molecule has 1 amide bonds. The van der Waals surface area contributed by atoms with E-state index in [0.717, 1.165) is 11.3 Å². The number of amides is 1. The van der Waals surface area contributed by atoms with E-state index in [1.807, 2.05) is 0 Å². The van der Waals surface area contributed by atoms with Crippen molar-refractivity contribution in [1.29, 1.82) is 0 Å². The first-order valence-electron chi connectivity index (χ1n) is 7.16. The molecule has 0 radical (unpaired) electrons. The second kappa shape index (κ2) is 7.20. The quantitative estimate of drug-likeness (QED) is 0.853. The van der Waals surface area contributed by atoms with E-state index >= 15 is 0 Å². The Morgan fingerprint density at radius 3 is 2.88 bits per heavy atom. The minimum Gasteiger partial charge on any atom is -0.365 e. The monoisotopic (exact) mass is 386 g/mol. The van der Waals surface area contributed by atoms with Crippen LogP contribution in [0.4, 0.5) is 5.69 Å². The zero-order chi connectivity index (χ0) is 17.2. The molecule has 1 atom stereocenters. The molecule has 1 aromatic carbocycles. The smallest absolute Gasteiger partial charge is 0.253 e. The Bertz CT molecular complexity index is 824. The van der Waals surface area contributed by atoms with E-state index in [1.54, 1.807) is 40.6 Å². The van der Waals surface area contributed by atoms with Crippen LogP contribution in [0.2, 0.25) is 5.02 Å². The molecule has 128 valence electrons. The summed E-state index contributed by atoms with van der Waals surface area (Å²) in [6.07, 6.45) is -0.434. The number of nitrogens with zero attached hydrogens (tertiary/aromatic N) is 1. The summed E-state index contributed by atoms with van der Waals surface area (Å²) in [6.45, 7) is 0.245. The third-order valence-corrected chi connectivity index (χ3v) is 6.57. The van der Waals surface area contributed by atoms with Crippen molar-refractivity contribution in [2.45, 2.75) is 10.3 Å². The lowest BCUT2D eigenvalue weighted by atomic mass is 10.2. The minimum atomic E-state index is -3.55. The molecule has 1 aliphatic heterocycles. The lowest BCUT2D eigenvalue weighted by molar-refractivity contribution is -0.129. The minimum absolute atomic E-state index is 0.0879. The summed E-state index contributed by atoms with van der Waals surface area (Å²) in [7, 11) is -3.55. The van der Waals surface area contributed by atoms with Crippen LogP contribution in [-0.4, -0.2) is 40.1 Å². The molecule has 6 nitrogen and oxygen atoms in total. The van der Waals surface area contributed by atoms with Crippen LogP contribution in [0.1, 0.15) is 0 Å². The number of sulfonamides is 1. The lowest BCUT2D eigenvalue weighted by Crippen LogP contribution is -2.50. The molecular formula is C15H15ClN2O4S2. The van der Waals surface area contributed by atoms with Crippen molar-refractivity contribution in [2.75, 3.05) is 24.6 Å². The highest BCUT2D eigenvalue weighted by Crippen LogP contribution is 2.22. The molecule has 0 bridgehead atoms. The SMILES string of the molecule is O=C1COC(CNS(=O)(=O)c2cccs2)CN1c1cccc(Cl)c1. The van der Waals surface area contributed by atoms with Crippen LogP contribution < -0.4 is 9.62 Å². The molecule has 1 saturated heterocycles. The lowest BCUT2D eigenvalue weighted by Gasteiger charge is -2.32. The number of carbonyl (C=O) groups is 1. The average molecular weight is 387 g/mol. The summed E-state index contributed by atoms with van der Waals surface area (Å²) in [5.74, 6) is -0.186. The van der Waals surface area contributed by atoms with E-state index in [-0.39, 0.29) is 29.8 Å². The number of rotatable bonds is 5. The number of hydrogen-bond donors (Lipinski definition) is 1. The Hall–Kier alpha value is -1.45. The fraction of sp³-hybridized carbons (Fsp3) is 0.267. The number of hydrogen-bond acceptors (Lipinski definition) is 5. The maximum Gasteiger partial charge on any atom is 0.253 e. The number of thiophene rings is 1. The first-order valence-corrected chi connectivity index (χ1v) is 9.90. The first-order chi connectivity index (χ1) is 11.5. The molecule has 0 aliphatic carbocycles. The van der Waals surface area contributed by atoms with Gasteiger partial charge in [-0.05, 0) is 29.6 Å². The van der Waals surface area contributed by atoms with Crippen molar-refractivity contribution in [1.82, 2.24) is 4.72 Å². The van der Waals surface area contributed by atoms with Gasteiger partial charge in [-0.1, -0.05) is 23.7 Å². The van der Waals surface area contributed by atoms with Gasteiger partial charge in [0.1, 0.15) is 10.8 Å². The van der Waals surface area contributed by atoms with Gasteiger partial charge in [-0.25, -0.2) is 13.1 Å². The highest BCUT2D eigenvalue weighted by molar-refractivity contribution is 7.91. The Morgan fingerprint density at radius 2 is 2.17 bits per heavy atom. The molecule has 1 aliphatic rings. The Labute approximate surface area is 149 Å². The molecule has 1 N–H and O–H groups in total. The molecule has 1 aromatic heterocycles. The maximum absolute atomic E-state index is 12.1. The summed E-state index contributed by atoms with van der Waals surface area (Å²) in [5.41, 5.74) is 0.668. The van der Waals surface area contributed by atoms with E-state index in [1.165, 1.54) is 6.07 Å². The second-order valence-electron chi connectivity index (χ2n) is 5.20. The van der Waals surface area contributed by atoms with Gasteiger partial charge in [-0.2, -0.15) is 0 Å². The van der Waals surface area contributed by atoms with Crippen LogP contribution in [0.3, 0.4) is 0 Å². The van der Waals surface area contributed by atoms with Crippen molar-refractivity contribution in [3.8, 4) is 0 Å². The van der Waals surface area contributed by atoms with E-state index in [9.17, 15) is 13.2 Å². The molecular weight excluding hydrogens is 372 g/mol. The molecule has 1 unspecified atom stereocenters. The second-order valence-corrected chi connectivity index (χ2v) is 8.58. The van der Waals surface area contributed by atoms with E-state index in [4.69, 9.17) is 16.3 Å². The van der Waals surface area contributed by atoms with Crippen LogP contribution >= 0.6 is 22.9 Å². The summed E-state index contributed by atoms with van der Waals surface area (Å²) >= 11 is 7.11. The molecule has 24 heavy (non-hydrogen) atoms. The van der Waals surface area contributed by atoms with Crippen molar-refractivity contribution in [2.24, 2.45) is 0 Å². The van der Waals surface area contributed by atoms with Crippen LogP contribution in [0.25, 0.3) is 0 Å². The predicted octanol–water partition coefficient (Wildman–Crippen LogP) is 2.11. The standard InChI is InChI=1S/C15H15ClN2O4S2/c16-11-3-1-4-12(7-11)18-9-13(22-10-14(18)19)8-17-24(20,21)15-5-2-6-23-15/h1-7,13,17H,8-10H2. The third-order valence-electron chi connectivity index (χ3n) is 3.51. The predicted molar refractivity (Wildman–Crippen MR) is 93.1 cm³/mol. The van der Waals surface area contributed by atoms with Gasteiger partial charge in [0.25, 0.3) is 5.91 Å². The molecule has 0 saturated carbocycles. The summed E-state index contributed by atoms with van der Waals surface area (Å²) < 4.78 is 32.5. The number of halogens is 1. The number of morpholine rings is 1. The van der Waals surface area contributed by atoms with E-state index in [2.05, 4.69) is 4.72 Å². The van der Waals surface area contributed by atoms with Crippen LogP contribution in [0.5, 0.6) is 0 Å². The molecule has 1 fully saturated rings. The summed E-state index contributed by atoms with van der Waals surface area (Å²) in [4.78, 5) is 13.6. The zero-order valence-corrected chi connectivity index (χ0v) is 14.9. The number of ether oxygens (including phenoxy) is 1. The van der Waals surface area contributed by atoms with Crippen LogP contribution in [-0.2, 0) is 19.6 Å². The van der Waals surface area contributed by atoms with Gasteiger partial charge >= 0.3 is 0 Å². The first kappa shape index (κ1) is 17.4. The van der Waals surface area contributed by atoms with Gasteiger partial charge in [0.05, 0.1) is 12.6 Å². The largest absolute Gasteiger partial charge is 0.365 e. The number of anilines is 1. The van der Waals surface area contributed by atoms with Gasteiger partial charge in [0.15, 0.2) is 0 Å². The van der Waals surface area contributed by atoms with Gasteiger partial charge in [0, 0.05) is 17.3 Å². The highest BCUT2D eigenvalue weighted by atomic mass is 35.5. The normalized spacial score (nSPS) is 18.8. The Balaban J connectivity index is 1.67. The molecule has 9 heteroatoms. The van der Waals surface area contributed by atoms with Gasteiger partial charge in [-0.3, -0.25) is 4.79 Å². The Kier molecular flexibility index (Phi) is 5.21. The van der Waals surface area contributed by atoms with E-state index in [0.29, 0.717) is 10.7 Å². The fourth-order valence-electron chi connectivity index (χ4n) is 2.33. The topological polar surface area (TPSA) is 75.7 Å². The van der Waals surface area contributed by atoms with Crippen molar-refractivity contribution in [3.05, 3.63) is 46.8 Å². The van der Waals surface area contributed by atoms with Crippen LogP contribution in [0, 0.1) is 0 Å². The summed E-state index contributed by atoms with van der Waals surface area (Å²) in [6, 6.07) is 10.2. The fourth-order valence-corrected chi connectivity index (χ4v) is 4.62. The average Bonchev–Trinajstić information content (AvgIpc) is 3.09. The maximum atomic E-state index is 12.1. The number of carbonyl (C=O) groups excluding carboxylic acids is 1. The van der Waals surface area contributed by atoms with Crippen molar-refractivity contribution < 1.29 is 17.9 Å². The van der Waals surface area contributed by atoms with Gasteiger partial charge < -0.3 is 9.64 Å². The Morgan fingerprint density at radius 1 is 1.33 bits per heavy atom. The summed E-state index contributed by atoms with van der Waals surface area (Å²) in [5, 5.41) is 2.23. The van der Waals surface area contributed by atoms with Crippen molar-refractivity contribution >= 4 is 44.6 Å². The van der Waals surface area contributed by atoms with Crippen molar-refractivity contribution in [3.63, 3.8) is 0 Å². The molecule has 3 rings (SSSR count). The van der Waals surface area contributed by atoms with E-state index < -0.39 is 16.1 Å². The number of nitrogens with one attached hydrogen (secondary N) is 1. The number of benzene rings is 1. The zero-order valence-electron chi connectivity index (χ0n) is 12.5. The van der Waals surface area contributed by atoms with Gasteiger partial charge in [-0.15, -0.1) is 11.3 Å². The molecule has 2 aromatic rings. The molecule has 2 heterocycles. The highest BCUT2D eigenvalue weighted by Gasteiger charge is 2.28. The third kappa shape index (κ3) is 3.96.